The van der Waals surface area contributed by atoms with Crippen LogP contribution in [-0.2, 0) is 11.2 Å². The first-order chi connectivity index (χ1) is 17.0. The maximum Gasteiger partial charge on any atom is 0.303 e. The number of piperidine rings is 1. The second kappa shape index (κ2) is 12.5. The van der Waals surface area contributed by atoms with Crippen LogP contribution in [-0.4, -0.2) is 52.8 Å². The SMILES string of the molecule is COc1ccc2nccc([C@@H](O)CC[C@@H]3CCN(CCCCc4cccs4)C[C@@H]3CC(=O)O)c2c1. The number of unbranched alkanes of at least 4 members (excludes halogenated alkanes) is 1. The largest absolute Gasteiger partial charge is 0.497 e. The van der Waals surface area contributed by atoms with E-state index in [1.807, 2.05) is 35.6 Å². The molecule has 0 amide bonds. The topological polar surface area (TPSA) is 82.9 Å². The highest BCUT2D eigenvalue weighted by molar-refractivity contribution is 7.09. The number of aliphatic carboxylic acids is 1. The van der Waals surface area contributed by atoms with Crippen molar-refractivity contribution in [2.24, 2.45) is 11.8 Å². The molecule has 6 nitrogen and oxygen atoms in total. The molecule has 1 fully saturated rings. The molecule has 1 aliphatic heterocycles. The summed E-state index contributed by atoms with van der Waals surface area (Å²) in [5, 5.41) is 23.6. The summed E-state index contributed by atoms with van der Waals surface area (Å²) in [4.78, 5) is 19.9. The number of carbonyl (C=O) groups is 1. The lowest BCUT2D eigenvalue weighted by Crippen LogP contribution is -2.41. The van der Waals surface area contributed by atoms with Crippen molar-refractivity contribution in [3.05, 3.63) is 58.4 Å². The Kier molecular flexibility index (Phi) is 9.12. The van der Waals surface area contributed by atoms with E-state index in [0.29, 0.717) is 12.3 Å². The van der Waals surface area contributed by atoms with Crippen LogP contribution in [0.15, 0.2) is 48.0 Å². The van der Waals surface area contributed by atoms with Gasteiger partial charge in [-0.15, -0.1) is 11.3 Å². The number of fused-ring (bicyclic) bond motifs is 1. The summed E-state index contributed by atoms with van der Waals surface area (Å²) in [5.41, 5.74) is 1.69. The van der Waals surface area contributed by atoms with Gasteiger partial charge in [-0.25, -0.2) is 0 Å². The van der Waals surface area contributed by atoms with Crippen molar-refractivity contribution in [2.75, 3.05) is 26.7 Å². The number of hydrogen-bond acceptors (Lipinski definition) is 6. The average molecular weight is 497 g/mol. The van der Waals surface area contributed by atoms with E-state index in [2.05, 4.69) is 27.4 Å². The first kappa shape index (κ1) is 25.6. The molecule has 1 saturated heterocycles. The number of aromatic nitrogens is 1. The molecule has 0 bridgehead atoms. The minimum absolute atomic E-state index is 0.125. The number of aliphatic hydroxyl groups is 1. The third-order valence-electron chi connectivity index (χ3n) is 7.29. The van der Waals surface area contributed by atoms with Crippen LogP contribution in [0.25, 0.3) is 10.9 Å². The van der Waals surface area contributed by atoms with Crippen LogP contribution >= 0.6 is 11.3 Å². The van der Waals surface area contributed by atoms with Crippen molar-refractivity contribution in [2.45, 2.75) is 51.0 Å². The summed E-state index contributed by atoms with van der Waals surface area (Å²) in [6, 6.07) is 11.9. The van der Waals surface area contributed by atoms with E-state index in [1.54, 1.807) is 13.3 Å². The molecule has 3 aromatic rings. The van der Waals surface area contributed by atoms with Gasteiger partial charge in [0.1, 0.15) is 5.75 Å². The lowest BCUT2D eigenvalue weighted by atomic mass is 9.79. The van der Waals surface area contributed by atoms with Crippen molar-refractivity contribution in [3.63, 3.8) is 0 Å². The van der Waals surface area contributed by atoms with Crippen molar-refractivity contribution in [3.8, 4) is 5.75 Å². The summed E-state index contributed by atoms with van der Waals surface area (Å²) in [6.45, 7) is 2.87. The highest BCUT2D eigenvalue weighted by Crippen LogP contribution is 2.35. The van der Waals surface area contributed by atoms with Gasteiger partial charge in [0.05, 0.1) is 18.7 Å². The van der Waals surface area contributed by atoms with Gasteiger partial charge in [-0.1, -0.05) is 6.07 Å². The second-order valence-corrected chi connectivity index (χ2v) is 10.7. The number of carboxylic acids is 1. The molecule has 1 aliphatic rings. The molecule has 1 aromatic carbocycles. The first-order valence-electron chi connectivity index (χ1n) is 12.6. The molecule has 188 valence electrons. The zero-order valence-electron chi connectivity index (χ0n) is 20.4. The van der Waals surface area contributed by atoms with Gasteiger partial charge in [-0.2, -0.15) is 0 Å². The monoisotopic (exact) mass is 496 g/mol. The van der Waals surface area contributed by atoms with Crippen LogP contribution < -0.4 is 4.74 Å². The van der Waals surface area contributed by atoms with E-state index in [9.17, 15) is 15.0 Å². The predicted octanol–water partition coefficient (Wildman–Crippen LogP) is 5.55. The van der Waals surface area contributed by atoms with Crippen molar-refractivity contribution >= 4 is 28.2 Å². The van der Waals surface area contributed by atoms with Gasteiger partial charge >= 0.3 is 5.97 Å². The first-order valence-corrected chi connectivity index (χ1v) is 13.5. The summed E-state index contributed by atoms with van der Waals surface area (Å²) >= 11 is 1.82. The lowest BCUT2D eigenvalue weighted by Gasteiger charge is -2.38. The molecule has 3 heterocycles. The molecular formula is C28H36N2O4S. The molecule has 0 spiro atoms. The van der Waals surface area contributed by atoms with Gasteiger partial charge in [0.15, 0.2) is 0 Å². The Bertz CT molecular complexity index is 1090. The van der Waals surface area contributed by atoms with Gasteiger partial charge in [0.25, 0.3) is 0 Å². The fraction of sp³-hybridized carbons (Fsp3) is 0.500. The Morgan fingerprint density at radius 2 is 2.14 bits per heavy atom. The molecule has 2 aromatic heterocycles. The fourth-order valence-corrected chi connectivity index (χ4v) is 6.13. The number of hydrogen-bond donors (Lipinski definition) is 2. The lowest BCUT2D eigenvalue weighted by molar-refractivity contribution is -0.139. The number of methoxy groups -OCH3 is 1. The minimum Gasteiger partial charge on any atom is -0.497 e. The van der Waals surface area contributed by atoms with E-state index < -0.39 is 12.1 Å². The number of carboxylic acid groups (broad SMARTS) is 1. The van der Waals surface area contributed by atoms with Crippen LogP contribution in [0.5, 0.6) is 5.75 Å². The summed E-state index contributed by atoms with van der Waals surface area (Å²) in [6.07, 6.45) is 7.16. The number of aliphatic hydroxyl groups excluding tert-OH is 1. The van der Waals surface area contributed by atoms with E-state index in [1.165, 1.54) is 11.3 Å². The zero-order chi connectivity index (χ0) is 24.6. The number of likely N-dealkylation sites (tertiary alicyclic amines) is 1. The van der Waals surface area contributed by atoms with E-state index in [4.69, 9.17) is 4.74 Å². The van der Waals surface area contributed by atoms with Crippen LogP contribution in [0, 0.1) is 11.8 Å². The molecule has 3 atom stereocenters. The number of aryl methyl sites for hydroxylation is 1. The highest BCUT2D eigenvalue weighted by atomic mass is 32.1. The fourth-order valence-electron chi connectivity index (χ4n) is 5.38. The van der Waals surface area contributed by atoms with Gasteiger partial charge < -0.3 is 19.8 Å². The van der Waals surface area contributed by atoms with Gasteiger partial charge in [0, 0.05) is 29.4 Å². The normalized spacial score (nSPS) is 19.6. The quantitative estimate of drug-likeness (QED) is 0.320. The molecule has 35 heavy (non-hydrogen) atoms. The molecule has 0 unspecified atom stereocenters. The van der Waals surface area contributed by atoms with Gasteiger partial charge in [-0.05, 0) is 105 Å². The van der Waals surface area contributed by atoms with Gasteiger partial charge in [0.2, 0.25) is 0 Å². The molecule has 2 N–H and O–H groups in total. The van der Waals surface area contributed by atoms with Crippen LogP contribution in [0.2, 0.25) is 0 Å². The average Bonchev–Trinajstić information content (AvgIpc) is 3.38. The third kappa shape index (κ3) is 7.03. The number of benzene rings is 1. The molecule has 0 aliphatic carbocycles. The molecule has 7 heteroatoms. The number of thiophene rings is 1. The molecule has 0 saturated carbocycles. The smallest absolute Gasteiger partial charge is 0.303 e. The number of pyridine rings is 1. The Labute approximate surface area is 211 Å². The number of nitrogens with zero attached hydrogens (tertiary/aromatic N) is 2. The van der Waals surface area contributed by atoms with Crippen molar-refractivity contribution in [1.82, 2.24) is 9.88 Å². The van der Waals surface area contributed by atoms with Crippen molar-refractivity contribution < 1.29 is 19.7 Å². The highest BCUT2D eigenvalue weighted by Gasteiger charge is 2.31. The van der Waals surface area contributed by atoms with Crippen LogP contribution in [0.1, 0.15) is 55.1 Å². The van der Waals surface area contributed by atoms with E-state index in [-0.39, 0.29) is 12.3 Å². The molecule has 4 rings (SSSR count). The van der Waals surface area contributed by atoms with Crippen molar-refractivity contribution in [1.29, 1.82) is 0 Å². The maximum atomic E-state index is 11.6. The summed E-state index contributed by atoms with van der Waals surface area (Å²) < 4.78 is 5.36. The Hall–Kier alpha value is -2.48. The van der Waals surface area contributed by atoms with E-state index >= 15 is 0 Å². The van der Waals surface area contributed by atoms with Gasteiger partial charge in [-0.3, -0.25) is 9.78 Å². The molecule has 0 radical (unpaired) electrons. The molecular weight excluding hydrogens is 460 g/mol. The number of rotatable bonds is 12. The zero-order valence-corrected chi connectivity index (χ0v) is 21.3. The Balaban J connectivity index is 1.32. The predicted molar refractivity (Wildman–Crippen MR) is 140 cm³/mol. The third-order valence-corrected chi connectivity index (χ3v) is 8.23. The van der Waals surface area contributed by atoms with E-state index in [0.717, 1.165) is 67.5 Å². The van der Waals surface area contributed by atoms with Crippen LogP contribution in [0.3, 0.4) is 0 Å². The minimum atomic E-state index is -0.729. The number of ether oxygens (including phenoxy) is 1. The Morgan fingerprint density at radius 1 is 1.26 bits per heavy atom. The standard InChI is InChI=1S/C28H36N2O4S/c1-34-22-8-9-26-25(18-22)24(11-13-29-26)27(31)10-7-20-12-15-30(19-21(20)17-28(32)33)14-3-2-5-23-6-4-16-35-23/h4,6,8-9,11,13,16,18,20-21,27,31H,2-3,5,7,10,12,14-15,17,19H2,1H3,(H,32,33)/t20-,21+,27+/m1/s1. The summed E-state index contributed by atoms with van der Waals surface area (Å²) in [7, 11) is 1.63. The Morgan fingerprint density at radius 3 is 2.91 bits per heavy atom. The summed E-state index contributed by atoms with van der Waals surface area (Å²) in [5.74, 6) is 0.446. The maximum absolute atomic E-state index is 11.6. The van der Waals surface area contributed by atoms with Crippen LogP contribution in [0.4, 0.5) is 0 Å². The second-order valence-electron chi connectivity index (χ2n) is 9.62.